The van der Waals surface area contributed by atoms with Gasteiger partial charge in [-0.3, -0.25) is 9.59 Å². The number of ketones is 1. The summed E-state index contributed by atoms with van der Waals surface area (Å²) in [5.74, 6) is -0.354. The van der Waals surface area contributed by atoms with Crippen LogP contribution in [0.15, 0.2) is 0 Å². The quantitative estimate of drug-likeness (QED) is 0.499. The molecule has 74 valence electrons. The average molecular weight is 185 g/mol. The normalized spacial score (nSPS) is 26.3. The molecule has 0 unspecified atom stereocenters. The number of carbonyl (C=O) groups excluding carboxylic acids is 2. The van der Waals surface area contributed by atoms with Gasteiger partial charge < -0.3 is 10.1 Å². The number of esters is 1. The molecule has 13 heavy (non-hydrogen) atoms. The number of Topliss-reactive ketones (excluding diaryl/α,β-unsaturated/α-hetero) is 1. The second kappa shape index (κ2) is 4.37. The summed E-state index contributed by atoms with van der Waals surface area (Å²) in [5, 5.41) is 3.09. The molecule has 0 atom stereocenters. The monoisotopic (exact) mass is 185 g/mol. The zero-order valence-corrected chi connectivity index (χ0v) is 8.00. The van der Waals surface area contributed by atoms with Crippen LogP contribution in [0.3, 0.4) is 0 Å². The van der Waals surface area contributed by atoms with Crippen LogP contribution in [0.4, 0.5) is 0 Å². The highest BCUT2D eigenvalue weighted by Gasteiger charge is 2.33. The Morgan fingerprint density at radius 2 is 2.08 bits per heavy atom. The molecule has 1 rings (SSSR count). The maximum absolute atomic E-state index is 11.3. The van der Waals surface area contributed by atoms with Crippen molar-refractivity contribution >= 4 is 11.8 Å². The molecule has 1 fully saturated rings. The Labute approximate surface area is 77.6 Å². The van der Waals surface area contributed by atoms with E-state index in [-0.39, 0.29) is 18.1 Å². The number of hydrogen-bond acceptors (Lipinski definition) is 4. The van der Waals surface area contributed by atoms with E-state index >= 15 is 0 Å². The third-order valence-corrected chi connectivity index (χ3v) is 2.55. The number of methoxy groups -OCH3 is 1. The van der Waals surface area contributed by atoms with Crippen LogP contribution in [-0.4, -0.2) is 32.0 Å². The molecule has 4 heteroatoms. The fourth-order valence-corrected chi connectivity index (χ4v) is 1.48. The molecule has 0 aromatic rings. The van der Waals surface area contributed by atoms with Crippen LogP contribution in [0.2, 0.25) is 0 Å². The van der Waals surface area contributed by atoms with E-state index in [0.717, 1.165) is 12.8 Å². The fourth-order valence-electron chi connectivity index (χ4n) is 1.48. The summed E-state index contributed by atoms with van der Waals surface area (Å²) in [6.45, 7) is 0. The summed E-state index contributed by atoms with van der Waals surface area (Å²) < 4.78 is 4.42. The van der Waals surface area contributed by atoms with Crippen molar-refractivity contribution in [3.05, 3.63) is 0 Å². The number of carbonyl (C=O) groups is 2. The summed E-state index contributed by atoms with van der Waals surface area (Å²) in [7, 11) is 3.18. The van der Waals surface area contributed by atoms with Crippen molar-refractivity contribution < 1.29 is 14.3 Å². The van der Waals surface area contributed by atoms with Gasteiger partial charge in [0.15, 0.2) is 0 Å². The lowest BCUT2D eigenvalue weighted by molar-refractivity contribution is -0.145. The Kier molecular flexibility index (Phi) is 3.42. The Bertz CT molecular complexity index is 209. The fraction of sp³-hybridized carbons (Fsp3) is 0.778. The number of hydrogen-bond donors (Lipinski definition) is 1. The van der Waals surface area contributed by atoms with E-state index in [1.165, 1.54) is 7.11 Å². The van der Waals surface area contributed by atoms with Crippen LogP contribution in [0, 0.1) is 5.92 Å². The molecule has 0 aliphatic heterocycles. The molecule has 0 amide bonds. The molecule has 1 N–H and O–H groups in total. The smallest absolute Gasteiger partial charge is 0.313 e. The van der Waals surface area contributed by atoms with Gasteiger partial charge in [0.2, 0.25) is 0 Å². The molecule has 0 aromatic heterocycles. The van der Waals surface area contributed by atoms with E-state index in [9.17, 15) is 9.59 Å². The summed E-state index contributed by atoms with van der Waals surface area (Å²) in [4.78, 5) is 22.1. The standard InChI is InChI=1S/C9H15NO3/c1-10-7-3-6(4-7)8(11)5-9(12)13-2/h6-7,10H,3-5H2,1-2H3. The van der Waals surface area contributed by atoms with Crippen molar-refractivity contribution in [2.24, 2.45) is 5.92 Å². The molecule has 0 heterocycles. The van der Waals surface area contributed by atoms with Crippen LogP contribution >= 0.6 is 0 Å². The van der Waals surface area contributed by atoms with Gasteiger partial charge in [-0.05, 0) is 19.9 Å². The molecule has 0 aromatic carbocycles. The maximum atomic E-state index is 11.3. The van der Waals surface area contributed by atoms with E-state index in [0.29, 0.717) is 6.04 Å². The van der Waals surface area contributed by atoms with E-state index in [1.54, 1.807) is 0 Å². The van der Waals surface area contributed by atoms with Crippen molar-refractivity contribution in [2.45, 2.75) is 25.3 Å². The molecular formula is C9H15NO3. The second-order valence-electron chi connectivity index (χ2n) is 3.37. The first-order valence-electron chi connectivity index (χ1n) is 4.44. The summed E-state index contributed by atoms with van der Waals surface area (Å²) in [6, 6.07) is 0.451. The minimum atomic E-state index is -0.432. The summed E-state index contributed by atoms with van der Waals surface area (Å²) in [6.07, 6.45) is 1.64. The number of ether oxygens (including phenoxy) is 1. The van der Waals surface area contributed by atoms with Crippen LogP contribution in [-0.2, 0) is 14.3 Å². The van der Waals surface area contributed by atoms with Gasteiger partial charge in [0.1, 0.15) is 12.2 Å². The molecular weight excluding hydrogens is 170 g/mol. The van der Waals surface area contributed by atoms with Gasteiger partial charge in [-0.1, -0.05) is 0 Å². The number of nitrogens with one attached hydrogen (secondary N) is 1. The van der Waals surface area contributed by atoms with Crippen molar-refractivity contribution in [3.63, 3.8) is 0 Å². The zero-order chi connectivity index (χ0) is 9.84. The minimum absolute atomic E-state index is 0.0124. The summed E-state index contributed by atoms with van der Waals surface area (Å²) in [5.41, 5.74) is 0. The Morgan fingerprint density at radius 1 is 1.46 bits per heavy atom. The lowest BCUT2D eigenvalue weighted by atomic mass is 9.77. The molecule has 4 nitrogen and oxygen atoms in total. The van der Waals surface area contributed by atoms with Crippen LogP contribution in [0.25, 0.3) is 0 Å². The lowest BCUT2D eigenvalue weighted by Gasteiger charge is -2.33. The highest BCUT2D eigenvalue weighted by molar-refractivity contribution is 5.97. The van der Waals surface area contributed by atoms with Crippen LogP contribution in [0.5, 0.6) is 0 Å². The van der Waals surface area contributed by atoms with Gasteiger partial charge in [-0.15, -0.1) is 0 Å². The predicted octanol–water partition coefficient (Wildman–Crippen LogP) is 0.117. The highest BCUT2D eigenvalue weighted by atomic mass is 16.5. The first kappa shape index (κ1) is 10.2. The van der Waals surface area contributed by atoms with E-state index in [1.807, 2.05) is 7.05 Å². The van der Waals surface area contributed by atoms with Crippen molar-refractivity contribution in [1.82, 2.24) is 5.32 Å². The molecule has 1 saturated carbocycles. The SMILES string of the molecule is CNC1CC(C(=O)CC(=O)OC)C1. The van der Waals surface area contributed by atoms with Crippen LogP contribution in [0.1, 0.15) is 19.3 Å². The van der Waals surface area contributed by atoms with Gasteiger partial charge in [-0.25, -0.2) is 0 Å². The first-order valence-corrected chi connectivity index (χ1v) is 4.44. The van der Waals surface area contributed by atoms with Crippen molar-refractivity contribution in [3.8, 4) is 0 Å². The lowest BCUT2D eigenvalue weighted by Crippen LogP contribution is -2.42. The maximum Gasteiger partial charge on any atom is 0.313 e. The van der Waals surface area contributed by atoms with Gasteiger partial charge in [0.25, 0.3) is 0 Å². The second-order valence-corrected chi connectivity index (χ2v) is 3.37. The molecule has 0 spiro atoms. The Hall–Kier alpha value is -0.900. The molecule has 0 saturated heterocycles. The largest absolute Gasteiger partial charge is 0.469 e. The first-order chi connectivity index (χ1) is 6.17. The third kappa shape index (κ3) is 2.52. The van der Waals surface area contributed by atoms with Gasteiger partial charge in [0, 0.05) is 12.0 Å². The van der Waals surface area contributed by atoms with E-state index < -0.39 is 5.97 Å². The van der Waals surface area contributed by atoms with Gasteiger partial charge in [-0.2, -0.15) is 0 Å². The minimum Gasteiger partial charge on any atom is -0.469 e. The Morgan fingerprint density at radius 3 is 2.54 bits per heavy atom. The molecule has 0 bridgehead atoms. The molecule has 1 aliphatic carbocycles. The van der Waals surface area contributed by atoms with Crippen molar-refractivity contribution in [1.29, 1.82) is 0 Å². The van der Waals surface area contributed by atoms with Crippen molar-refractivity contribution in [2.75, 3.05) is 14.2 Å². The van der Waals surface area contributed by atoms with Gasteiger partial charge >= 0.3 is 5.97 Å². The van der Waals surface area contributed by atoms with Crippen LogP contribution < -0.4 is 5.32 Å². The van der Waals surface area contributed by atoms with Gasteiger partial charge in [0.05, 0.1) is 7.11 Å². The average Bonchev–Trinajstić information content (AvgIpc) is 2.02. The topological polar surface area (TPSA) is 55.4 Å². The highest BCUT2D eigenvalue weighted by Crippen LogP contribution is 2.28. The third-order valence-electron chi connectivity index (χ3n) is 2.55. The predicted molar refractivity (Wildman–Crippen MR) is 47.2 cm³/mol. The van der Waals surface area contributed by atoms with E-state index in [2.05, 4.69) is 10.1 Å². The molecule has 1 aliphatic rings. The number of rotatable bonds is 4. The zero-order valence-electron chi connectivity index (χ0n) is 8.00. The van der Waals surface area contributed by atoms with E-state index in [4.69, 9.17) is 0 Å². The molecule has 0 radical (unpaired) electrons. The Balaban J connectivity index is 2.23. The summed E-state index contributed by atoms with van der Waals surface area (Å²) >= 11 is 0.